The van der Waals surface area contributed by atoms with Crippen LogP contribution in [0.4, 0.5) is 10.5 Å². The number of hydrogen-bond acceptors (Lipinski definition) is 7. The van der Waals surface area contributed by atoms with E-state index < -0.39 is 30.4 Å². The van der Waals surface area contributed by atoms with E-state index in [1.165, 1.54) is 12.1 Å². The predicted octanol–water partition coefficient (Wildman–Crippen LogP) is 1.79. The number of halogens is 1. The molecule has 0 saturated carbocycles. The van der Waals surface area contributed by atoms with Gasteiger partial charge < -0.3 is 19.4 Å². The summed E-state index contributed by atoms with van der Waals surface area (Å²) in [4.78, 5) is 49.4. The third-order valence-corrected chi connectivity index (χ3v) is 5.17. The molecule has 1 N–H and O–H groups in total. The molecule has 32 heavy (non-hydrogen) atoms. The zero-order valence-electron chi connectivity index (χ0n) is 17.1. The number of carbonyl (C=O) groups excluding carboxylic acids is 4. The Morgan fingerprint density at radius 3 is 2.47 bits per heavy atom. The number of barbiturate groups is 1. The van der Waals surface area contributed by atoms with Gasteiger partial charge in [-0.05, 0) is 72.3 Å². The van der Waals surface area contributed by atoms with Crippen molar-refractivity contribution < 1.29 is 33.8 Å². The van der Waals surface area contributed by atoms with Gasteiger partial charge in [-0.25, -0.2) is 9.69 Å². The lowest BCUT2D eigenvalue weighted by atomic mass is 10.1. The van der Waals surface area contributed by atoms with Gasteiger partial charge in [0.2, 0.25) is 0 Å². The molecule has 1 fully saturated rings. The van der Waals surface area contributed by atoms with Crippen LogP contribution in [0.1, 0.15) is 18.1 Å². The maximum absolute atomic E-state index is 13.0. The Bertz CT molecular complexity index is 1130. The first-order valence-electron chi connectivity index (χ1n) is 9.48. The van der Waals surface area contributed by atoms with E-state index >= 15 is 0 Å². The van der Waals surface area contributed by atoms with Gasteiger partial charge in [-0.3, -0.25) is 14.9 Å². The summed E-state index contributed by atoms with van der Waals surface area (Å²) in [6.45, 7) is 3.22. The summed E-state index contributed by atoms with van der Waals surface area (Å²) in [6, 6.07) is 8.98. The molecule has 166 valence electrons. The maximum atomic E-state index is 13.0. The second-order valence-electron chi connectivity index (χ2n) is 6.72. The first-order chi connectivity index (χ1) is 15.2. The van der Waals surface area contributed by atoms with Crippen molar-refractivity contribution in [1.29, 1.82) is 0 Å². The molecule has 0 radical (unpaired) electrons. The zero-order valence-corrected chi connectivity index (χ0v) is 19.3. The van der Waals surface area contributed by atoms with E-state index in [9.17, 15) is 24.3 Å². The standard InChI is InChI=1S/C22H19IN2O7/c1-3-31-17-10-13(9-16(23)19(17)32-11-18(26)27)8-15-20(28)24-22(30)25(21(15)29)14-6-4-12(2)5-7-14/h4-10H,3,11H2,1-2H3,(H,26,27)(H,24,28,30)/p-1/b15-8-. The highest BCUT2D eigenvalue weighted by Crippen LogP contribution is 2.35. The zero-order chi connectivity index (χ0) is 23.4. The van der Waals surface area contributed by atoms with Gasteiger partial charge in [0.1, 0.15) is 12.2 Å². The average molecular weight is 549 g/mol. The van der Waals surface area contributed by atoms with Gasteiger partial charge in [-0.2, -0.15) is 0 Å². The van der Waals surface area contributed by atoms with Crippen LogP contribution >= 0.6 is 22.6 Å². The third kappa shape index (κ3) is 5.07. The van der Waals surface area contributed by atoms with Crippen LogP contribution in [0.2, 0.25) is 0 Å². The van der Waals surface area contributed by atoms with E-state index in [1.54, 1.807) is 37.3 Å². The highest BCUT2D eigenvalue weighted by Gasteiger charge is 2.36. The summed E-state index contributed by atoms with van der Waals surface area (Å²) in [5.74, 6) is -2.54. The number of ether oxygens (including phenoxy) is 2. The number of nitrogens with zero attached hydrogens (tertiary/aromatic N) is 1. The van der Waals surface area contributed by atoms with E-state index in [0.29, 0.717) is 14.8 Å². The Labute approximate surface area is 197 Å². The first-order valence-corrected chi connectivity index (χ1v) is 10.6. The lowest BCUT2D eigenvalue weighted by Crippen LogP contribution is -2.54. The molecular weight excluding hydrogens is 531 g/mol. The molecule has 0 aromatic heterocycles. The third-order valence-electron chi connectivity index (χ3n) is 4.37. The summed E-state index contributed by atoms with van der Waals surface area (Å²) in [5, 5.41) is 12.9. The number of amides is 4. The van der Waals surface area contributed by atoms with Gasteiger partial charge in [0.25, 0.3) is 11.8 Å². The number of carboxylic acids is 1. The number of hydrogen-bond donors (Lipinski definition) is 1. The number of anilines is 1. The van der Waals surface area contributed by atoms with Crippen LogP contribution in [0.5, 0.6) is 11.5 Å². The van der Waals surface area contributed by atoms with Gasteiger partial charge in [-0.1, -0.05) is 17.7 Å². The van der Waals surface area contributed by atoms with Crippen LogP contribution in [0.25, 0.3) is 6.08 Å². The summed E-state index contributed by atoms with van der Waals surface area (Å²) in [6.07, 6.45) is 1.33. The number of carboxylic acid groups (broad SMARTS) is 1. The molecule has 0 atom stereocenters. The lowest BCUT2D eigenvalue weighted by Gasteiger charge is -2.26. The number of nitrogens with one attached hydrogen (secondary N) is 1. The van der Waals surface area contributed by atoms with Crippen LogP contribution in [-0.4, -0.2) is 37.0 Å². The molecule has 1 saturated heterocycles. The number of urea groups is 1. The summed E-state index contributed by atoms with van der Waals surface area (Å²) in [5.41, 5.74) is 1.46. The Balaban J connectivity index is 2.00. The molecule has 2 aromatic carbocycles. The van der Waals surface area contributed by atoms with Crippen molar-refractivity contribution in [2.24, 2.45) is 0 Å². The van der Waals surface area contributed by atoms with E-state index in [0.717, 1.165) is 10.5 Å². The van der Waals surface area contributed by atoms with Gasteiger partial charge >= 0.3 is 6.03 Å². The largest absolute Gasteiger partial charge is 0.546 e. The van der Waals surface area contributed by atoms with Crippen molar-refractivity contribution in [2.45, 2.75) is 13.8 Å². The van der Waals surface area contributed by atoms with Crippen LogP contribution in [0.3, 0.4) is 0 Å². The number of aliphatic carboxylic acids is 1. The SMILES string of the molecule is CCOc1cc(/C=C2/C(=O)NC(=O)N(c3ccc(C)cc3)C2=O)cc(I)c1OCC(=O)[O-]. The molecule has 2 aromatic rings. The highest BCUT2D eigenvalue weighted by molar-refractivity contribution is 14.1. The molecule has 1 aliphatic rings. The molecule has 0 spiro atoms. The number of rotatable bonds is 7. The van der Waals surface area contributed by atoms with Crippen molar-refractivity contribution in [3.63, 3.8) is 0 Å². The van der Waals surface area contributed by atoms with Crippen LogP contribution in [0.15, 0.2) is 42.0 Å². The van der Waals surface area contributed by atoms with E-state index in [1.807, 2.05) is 29.5 Å². The van der Waals surface area contributed by atoms with E-state index in [-0.39, 0.29) is 23.7 Å². The second kappa shape index (κ2) is 9.81. The van der Waals surface area contributed by atoms with Crippen LogP contribution in [0, 0.1) is 10.5 Å². The molecule has 9 nitrogen and oxygen atoms in total. The average Bonchev–Trinajstić information content (AvgIpc) is 2.72. The minimum absolute atomic E-state index is 0.203. The summed E-state index contributed by atoms with van der Waals surface area (Å²) in [7, 11) is 0. The van der Waals surface area contributed by atoms with Crippen molar-refractivity contribution >= 4 is 58.2 Å². The number of aryl methyl sites for hydroxylation is 1. The lowest BCUT2D eigenvalue weighted by molar-refractivity contribution is -0.307. The Hall–Kier alpha value is -3.41. The van der Waals surface area contributed by atoms with Gasteiger partial charge in [0, 0.05) is 0 Å². The van der Waals surface area contributed by atoms with Crippen LogP contribution < -0.4 is 24.8 Å². The van der Waals surface area contributed by atoms with Gasteiger partial charge in [0.15, 0.2) is 11.5 Å². The Morgan fingerprint density at radius 2 is 1.84 bits per heavy atom. The molecule has 3 rings (SSSR count). The second-order valence-corrected chi connectivity index (χ2v) is 7.88. The minimum atomic E-state index is -1.39. The fourth-order valence-electron chi connectivity index (χ4n) is 2.96. The van der Waals surface area contributed by atoms with Gasteiger partial charge in [-0.15, -0.1) is 0 Å². The fourth-order valence-corrected chi connectivity index (χ4v) is 3.74. The Kier molecular flexibility index (Phi) is 7.13. The smallest absolute Gasteiger partial charge is 0.335 e. The molecule has 10 heteroatoms. The molecule has 0 aliphatic carbocycles. The highest BCUT2D eigenvalue weighted by atomic mass is 127. The van der Waals surface area contributed by atoms with Crippen molar-refractivity contribution in [3.05, 3.63) is 56.7 Å². The van der Waals surface area contributed by atoms with Crippen molar-refractivity contribution in [3.8, 4) is 11.5 Å². The number of benzene rings is 2. The quantitative estimate of drug-likeness (QED) is 0.317. The molecule has 1 aliphatic heterocycles. The molecule has 1 heterocycles. The predicted molar refractivity (Wildman–Crippen MR) is 121 cm³/mol. The normalized spacial score (nSPS) is 15.0. The number of imide groups is 2. The van der Waals surface area contributed by atoms with Crippen molar-refractivity contribution in [1.82, 2.24) is 5.32 Å². The summed E-state index contributed by atoms with van der Waals surface area (Å²) >= 11 is 1.92. The van der Waals surface area contributed by atoms with Crippen molar-refractivity contribution in [2.75, 3.05) is 18.1 Å². The Morgan fingerprint density at radius 1 is 1.16 bits per heavy atom. The molecule has 4 amide bonds. The minimum Gasteiger partial charge on any atom is -0.546 e. The molecule has 0 bridgehead atoms. The van der Waals surface area contributed by atoms with E-state index in [4.69, 9.17) is 9.47 Å². The molecule has 0 unspecified atom stereocenters. The molecular formula is C22H18IN2O7-. The maximum Gasteiger partial charge on any atom is 0.335 e. The first kappa shape index (κ1) is 23.3. The summed E-state index contributed by atoms with van der Waals surface area (Å²) < 4.78 is 11.3. The topological polar surface area (TPSA) is 125 Å². The monoisotopic (exact) mass is 549 g/mol. The fraction of sp³-hybridized carbons (Fsp3) is 0.182. The van der Waals surface area contributed by atoms with Crippen LogP contribution in [-0.2, 0) is 14.4 Å². The van der Waals surface area contributed by atoms with E-state index in [2.05, 4.69) is 5.32 Å². The van der Waals surface area contributed by atoms with Gasteiger partial charge in [0.05, 0.1) is 21.8 Å². The number of carbonyl (C=O) groups is 4.